The van der Waals surface area contributed by atoms with Gasteiger partial charge >= 0.3 is 5.97 Å². The normalized spacial score (nSPS) is 9.75. The lowest BCUT2D eigenvalue weighted by atomic mass is 10.2. The third-order valence-corrected chi connectivity index (χ3v) is 1.29. The smallest absolute Gasteiger partial charge is 0.309 e. The van der Waals surface area contributed by atoms with Gasteiger partial charge in [0.1, 0.15) is 0 Å². The molecule has 0 aliphatic rings. The summed E-state index contributed by atoms with van der Waals surface area (Å²) in [6, 6.07) is 2.38. The summed E-state index contributed by atoms with van der Waals surface area (Å²) in [7, 11) is 0. The maximum Gasteiger partial charge on any atom is 0.309 e. The van der Waals surface area contributed by atoms with Crippen LogP contribution in [0, 0.1) is 5.95 Å². The SMILES string of the molecule is Nc1ccc(F)nc1CC(=O)O. The highest BCUT2D eigenvalue weighted by Crippen LogP contribution is 2.09. The molecule has 0 radical (unpaired) electrons. The van der Waals surface area contributed by atoms with Gasteiger partial charge < -0.3 is 10.8 Å². The molecule has 0 atom stereocenters. The summed E-state index contributed by atoms with van der Waals surface area (Å²) >= 11 is 0. The maximum atomic E-state index is 12.4. The second-order valence-electron chi connectivity index (χ2n) is 2.24. The standard InChI is InChI=1S/C7H7FN2O2/c8-6-2-1-4(9)5(10-6)3-7(11)12/h1-2H,3,9H2,(H,11,12). The van der Waals surface area contributed by atoms with E-state index >= 15 is 0 Å². The first-order chi connectivity index (χ1) is 5.59. The Labute approximate surface area is 67.8 Å². The number of anilines is 1. The molecular weight excluding hydrogens is 163 g/mol. The van der Waals surface area contributed by atoms with Crippen molar-refractivity contribution in [3.63, 3.8) is 0 Å². The molecule has 1 rings (SSSR count). The lowest BCUT2D eigenvalue weighted by Crippen LogP contribution is -2.06. The average Bonchev–Trinajstić information content (AvgIpc) is 1.96. The summed E-state index contributed by atoms with van der Waals surface area (Å²) in [6.45, 7) is 0. The van der Waals surface area contributed by atoms with Crippen LogP contribution in [0.3, 0.4) is 0 Å². The van der Waals surface area contributed by atoms with Crippen LogP contribution in [0.1, 0.15) is 5.69 Å². The van der Waals surface area contributed by atoms with Crippen molar-refractivity contribution in [2.45, 2.75) is 6.42 Å². The van der Waals surface area contributed by atoms with E-state index in [-0.39, 0.29) is 17.8 Å². The topological polar surface area (TPSA) is 76.2 Å². The summed E-state index contributed by atoms with van der Waals surface area (Å²) < 4.78 is 12.4. The van der Waals surface area contributed by atoms with Crippen LogP contribution < -0.4 is 5.73 Å². The highest BCUT2D eigenvalue weighted by Gasteiger charge is 2.06. The van der Waals surface area contributed by atoms with E-state index in [1.54, 1.807) is 0 Å². The van der Waals surface area contributed by atoms with E-state index in [1.165, 1.54) is 6.07 Å². The third kappa shape index (κ3) is 1.91. The number of halogens is 1. The quantitative estimate of drug-likeness (QED) is 0.631. The second kappa shape index (κ2) is 3.17. The number of carboxylic acids is 1. The van der Waals surface area contributed by atoms with E-state index in [0.29, 0.717) is 0 Å². The number of nitrogens with two attached hydrogens (primary N) is 1. The van der Waals surface area contributed by atoms with Crippen molar-refractivity contribution in [2.75, 3.05) is 5.73 Å². The largest absolute Gasteiger partial charge is 0.481 e. The third-order valence-electron chi connectivity index (χ3n) is 1.29. The van der Waals surface area contributed by atoms with Crippen LogP contribution in [-0.2, 0) is 11.2 Å². The molecule has 64 valence electrons. The van der Waals surface area contributed by atoms with Crippen molar-refractivity contribution in [2.24, 2.45) is 0 Å². The van der Waals surface area contributed by atoms with Gasteiger partial charge in [0.2, 0.25) is 5.95 Å². The minimum atomic E-state index is -1.08. The molecular formula is C7H7FN2O2. The lowest BCUT2D eigenvalue weighted by Gasteiger charge is -2.00. The molecule has 0 saturated carbocycles. The van der Waals surface area contributed by atoms with E-state index in [4.69, 9.17) is 10.8 Å². The van der Waals surface area contributed by atoms with Crippen molar-refractivity contribution in [1.82, 2.24) is 4.98 Å². The van der Waals surface area contributed by atoms with Crippen molar-refractivity contribution in [3.05, 3.63) is 23.8 Å². The van der Waals surface area contributed by atoms with Gasteiger partial charge in [-0.3, -0.25) is 4.79 Å². The van der Waals surface area contributed by atoms with Crippen LogP contribution in [0.5, 0.6) is 0 Å². The van der Waals surface area contributed by atoms with E-state index < -0.39 is 11.9 Å². The van der Waals surface area contributed by atoms with Crippen LogP contribution in [0.15, 0.2) is 12.1 Å². The van der Waals surface area contributed by atoms with Crippen LogP contribution in [0.25, 0.3) is 0 Å². The van der Waals surface area contributed by atoms with Crippen molar-refractivity contribution >= 4 is 11.7 Å². The van der Waals surface area contributed by atoms with Crippen LogP contribution in [0.2, 0.25) is 0 Å². The summed E-state index contributed by atoms with van der Waals surface area (Å²) in [5.41, 5.74) is 5.60. The van der Waals surface area contributed by atoms with Gasteiger partial charge in [0.15, 0.2) is 0 Å². The monoisotopic (exact) mass is 170 g/mol. The lowest BCUT2D eigenvalue weighted by molar-refractivity contribution is -0.136. The average molecular weight is 170 g/mol. The first-order valence-corrected chi connectivity index (χ1v) is 3.22. The molecule has 0 amide bonds. The van der Waals surface area contributed by atoms with Crippen LogP contribution in [0.4, 0.5) is 10.1 Å². The van der Waals surface area contributed by atoms with Gasteiger partial charge in [0.25, 0.3) is 0 Å². The Morgan fingerprint density at radius 3 is 2.92 bits per heavy atom. The van der Waals surface area contributed by atoms with Crippen molar-refractivity contribution in [1.29, 1.82) is 0 Å². The molecule has 1 heterocycles. The molecule has 1 aromatic rings. The summed E-state index contributed by atoms with van der Waals surface area (Å²) in [5, 5.41) is 8.36. The van der Waals surface area contributed by atoms with E-state index in [2.05, 4.69) is 4.98 Å². The van der Waals surface area contributed by atoms with Crippen LogP contribution in [-0.4, -0.2) is 16.1 Å². The molecule has 0 saturated heterocycles. The zero-order chi connectivity index (χ0) is 9.14. The van der Waals surface area contributed by atoms with Gasteiger partial charge in [0, 0.05) is 0 Å². The maximum absolute atomic E-state index is 12.4. The number of carboxylic acid groups (broad SMARTS) is 1. The van der Waals surface area contributed by atoms with Gasteiger partial charge in [-0.25, -0.2) is 4.98 Å². The fraction of sp³-hybridized carbons (Fsp3) is 0.143. The molecule has 12 heavy (non-hydrogen) atoms. The predicted octanol–water partition coefficient (Wildman–Crippen LogP) is 0.430. The van der Waals surface area contributed by atoms with Crippen molar-refractivity contribution < 1.29 is 14.3 Å². The fourth-order valence-corrected chi connectivity index (χ4v) is 0.770. The highest BCUT2D eigenvalue weighted by molar-refractivity contribution is 5.71. The van der Waals surface area contributed by atoms with E-state index in [1.807, 2.05) is 0 Å². The Kier molecular flexibility index (Phi) is 2.23. The summed E-state index contributed by atoms with van der Waals surface area (Å²) in [6.07, 6.45) is -0.358. The zero-order valence-corrected chi connectivity index (χ0v) is 6.12. The number of rotatable bonds is 2. The van der Waals surface area contributed by atoms with Gasteiger partial charge in [-0.05, 0) is 12.1 Å². The Bertz CT molecular complexity index is 314. The number of hydrogen-bond acceptors (Lipinski definition) is 3. The highest BCUT2D eigenvalue weighted by atomic mass is 19.1. The number of carbonyl (C=O) groups is 1. The molecule has 0 fully saturated rings. The molecule has 0 unspecified atom stereocenters. The first kappa shape index (κ1) is 8.45. The first-order valence-electron chi connectivity index (χ1n) is 3.22. The number of hydrogen-bond donors (Lipinski definition) is 2. The molecule has 1 aromatic heterocycles. The van der Waals surface area contributed by atoms with Gasteiger partial charge in [0.05, 0.1) is 17.8 Å². The van der Waals surface area contributed by atoms with Gasteiger partial charge in [-0.2, -0.15) is 4.39 Å². The molecule has 0 aliphatic heterocycles. The molecule has 4 nitrogen and oxygen atoms in total. The van der Waals surface area contributed by atoms with Crippen LogP contribution >= 0.6 is 0 Å². The molecule has 0 aromatic carbocycles. The number of nitrogen functional groups attached to an aromatic ring is 1. The Balaban J connectivity index is 2.97. The molecule has 0 bridgehead atoms. The number of nitrogens with zero attached hydrogens (tertiary/aromatic N) is 1. The van der Waals surface area contributed by atoms with Gasteiger partial charge in [-0.15, -0.1) is 0 Å². The number of aliphatic carboxylic acids is 1. The predicted molar refractivity (Wildman–Crippen MR) is 39.9 cm³/mol. The fourth-order valence-electron chi connectivity index (χ4n) is 0.770. The minimum absolute atomic E-state index is 0.0579. The zero-order valence-electron chi connectivity index (χ0n) is 6.12. The molecule has 3 N–H and O–H groups in total. The molecule has 0 spiro atoms. The molecule has 5 heteroatoms. The minimum Gasteiger partial charge on any atom is -0.481 e. The summed E-state index contributed by atoms with van der Waals surface area (Å²) in [5.74, 6) is -1.81. The van der Waals surface area contributed by atoms with Gasteiger partial charge in [-0.1, -0.05) is 0 Å². The Morgan fingerprint density at radius 1 is 1.67 bits per heavy atom. The summed E-state index contributed by atoms with van der Waals surface area (Å²) in [4.78, 5) is 13.6. The van der Waals surface area contributed by atoms with Crippen molar-refractivity contribution in [3.8, 4) is 0 Å². The Hall–Kier alpha value is -1.65. The second-order valence-corrected chi connectivity index (χ2v) is 2.24. The number of pyridine rings is 1. The van der Waals surface area contributed by atoms with E-state index in [9.17, 15) is 9.18 Å². The van der Waals surface area contributed by atoms with E-state index in [0.717, 1.165) is 6.07 Å². The number of aromatic nitrogens is 1. The molecule has 0 aliphatic carbocycles. The Morgan fingerprint density at radius 2 is 2.33 bits per heavy atom.